The Balaban J connectivity index is 2.17. The quantitative estimate of drug-likeness (QED) is 0.778. The van der Waals surface area contributed by atoms with Gasteiger partial charge in [0.25, 0.3) is 5.91 Å². The summed E-state index contributed by atoms with van der Waals surface area (Å²) in [5, 5.41) is 3.32. The van der Waals surface area contributed by atoms with Crippen molar-refractivity contribution in [3.05, 3.63) is 65.2 Å². The smallest absolute Gasteiger partial charge is 0.257 e. The third kappa shape index (κ3) is 2.04. The lowest BCUT2D eigenvalue weighted by molar-refractivity contribution is -0.110. The van der Waals surface area contributed by atoms with Gasteiger partial charge in [-0.2, -0.15) is 0 Å². The number of benzene rings is 2. The summed E-state index contributed by atoms with van der Waals surface area (Å²) in [6.07, 6.45) is 0. The fourth-order valence-electron chi connectivity index (χ4n) is 2.18. The van der Waals surface area contributed by atoms with E-state index >= 15 is 0 Å². The molecule has 2 aromatic carbocycles. The van der Waals surface area contributed by atoms with E-state index in [0.29, 0.717) is 10.6 Å². The van der Waals surface area contributed by atoms with Crippen LogP contribution >= 0.6 is 11.6 Å². The van der Waals surface area contributed by atoms with Crippen molar-refractivity contribution in [2.75, 3.05) is 5.32 Å². The molecule has 0 unspecified atom stereocenters. The van der Waals surface area contributed by atoms with Crippen LogP contribution in [-0.2, 0) is 4.79 Å². The highest BCUT2D eigenvalue weighted by Gasteiger charge is 2.26. The zero-order valence-corrected chi connectivity index (χ0v) is 11.2. The van der Waals surface area contributed by atoms with E-state index in [-0.39, 0.29) is 5.91 Å². The van der Waals surface area contributed by atoms with Crippen molar-refractivity contribution < 1.29 is 4.79 Å². The zero-order valence-electron chi connectivity index (χ0n) is 10.4. The van der Waals surface area contributed by atoms with Crippen LogP contribution in [0.3, 0.4) is 0 Å². The van der Waals surface area contributed by atoms with E-state index < -0.39 is 0 Å². The number of fused-ring (bicyclic) bond motifs is 1. The van der Waals surface area contributed by atoms with Gasteiger partial charge in [0.1, 0.15) is 0 Å². The molecule has 3 heteroatoms. The highest BCUT2D eigenvalue weighted by molar-refractivity contribution is 6.59. The molecule has 1 aliphatic rings. The van der Waals surface area contributed by atoms with Gasteiger partial charge in [0.05, 0.1) is 10.6 Å². The first-order valence-corrected chi connectivity index (χ1v) is 6.42. The first-order chi connectivity index (χ1) is 9.16. The number of carbonyl (C=O) groups excluding carboxylic acids is 1. The molecule has 0 fully saturated rings. The first-order valence-electron chi connectivity index (χ1n) is 6.04. The van der Waals surface area contributed by atoms with Crippen LogP contribution < -0.4 is 5.32 Å². The Morgan fingerprint density at radius 3 is 2.47 bits per heavy atom. The molecule has 0 bridgehead atoms. The molecular weight excluding hydrogens is 258 g/mol. The van der Waals surface area contributed by atoms with Gasteiger partial charge in [-0.1, -0.05) is 59.6 Å². The third-order valence-corrected chi connectivity index (χ3v) is 3.60. The summed E-state index contributed by atoms with van der Waals surface area (Å²) in [7, 11) is 0. The molecule has 2 nitrogen and oxygen atoms in total. The fraction of sp³-hybridized carbons (Fsp3) is 0.0625. The van der Waals surface area contributed by atoms with Crippen LogP contribution in [0.25, 0.3) is 10.6 Å². The molecule has 1 N–H and O–H groups in total. The van der Waals surface area contributed by atoms with Crippen LogP contribution in [-0.4, -0.2) is 5.91 Å². The summed E-state index contributed by atoms with van der Waals surface area (Å²) in [6.45, 7) is 2.02. The minimum absolute atomic E-state index is 0.147. The van der Waals surface area contributed by atoms with Crippen molar-refractivity contribution in [1.82, 2.24) is 0 Å². The Kier molecular flexibility index (Phi) is 2.88. The number of nitrogens with one attached hydrogen (secondary N) is 1. The molecule has 0 aliphatic carbocycles. The number of halogens is 1. The monoisotopic (exact) mass is 269 g/mol. The Hall–Kier alpha value is -2.06. The molecule has 1 amide bonds. The van der Waals surface area contributed by atoms with Crippen LogP contribution in [0.1, 0.15) is 16.7 Å². The Morgan fingerprint density at radius 1 is 1.05 bits per heavy atom. The molecule has 0 saturated heterocycles. The molecule has 0 saturated carbocycles. The van der Waals surface area contributed by atoms with Gasteiger partial charge in [-0.15, -0.1) is 0 Å². The number of rotatable bonds is 1. The lowest BCUT2D eigenvalue weighted by atomic mass is 10.0. The van der Waals surface area contributed by atoms with Crippen LogP contribution in [0.4, 0.5) is 5.69 Å². The van der Waals surface area contributed by atoms with Crippen molar-refractivity contribution in [1.29, 1.82) is 0 Å². The second-order valence-electron chi connectivity index (χ2n) is 4.55. The number of hydrogen-bond acceptors (Lipinski definition) is 1. The first kappa shape index (κ1) is 12.0. The third-order valence-electron chi connectivity index (χ3n) is 3.20. The SMILES string of the molecule is Cc1ccc(/C(Cl)=C2\C(=O)Nc3ccccc32)cc1. The largest absolute Gasteiger partial charge is 0.321 e. The highest BCUT2D eigenvalue weighted by atomic mass is 35.5. The van der Waals surface area contributed by atoms with Gasteiger partial charge in [-0.05, 0) is 18.6 Å². The number of amides is 1. The Labute approximate surface area is 116 Å². The second kappa shape index (κ2) is 4.56. The standard InChI is InChI=1S/C16H12ClNO/c1-10-6-8-11(9-7-10)15(17)14-12-4-2-3-5-13(12)18-16(14)19/h2-9H,1H3,(H,18,19)/b15-14+. The van der Waals surface area contributed by atoms with Gasteiger partial charge >= 0.3 is 0 Å². The van der Waals surface area contributed by atoms with E-state index in [0.717, 1.165) is 22.4 Å². The van der Waals surface area contributed by atoms with Gasteiger partial charge in [0, 0.05) is 11.3 Å². The summed E-state index contributed by atoms with van der Waals surface area (Å²) < 4.78 is 0. The molecule has 1 heterocycles. The summed E-state index contributed by atoms with van der Waals surface area (Å²) in [6, 6.07) is 15.4. The maximum Gasteiger partial charge on any atom is 0.257 e. The van der Waals surface area contributed by atoms with Gasteiger partial charge < -0.3 is 5.32 Å². The molecule has 1 aliphatic heterocycles. The van der Waals surface area contributed by atoms with Gasteiger partial charge in [-0.25, -0.2) is 0 Å². The van der Waals surface area contributed by atoms with Crippen molar-refractivity contribution in [3.63, 3.8) is 0 Å². The van der Waals surface area contributed by atoms with Crippen LogP contribution in [0, 0.1) is 6.92 Å². The maximum atomic E-state index is 12.1. The van der Waals surface area contributed by atoms with Crippen molar-refractivity contribution in [2.24, 2.45) is 0 Å². The number of carbonyl (C=O) groups is 1. The summed E-state index contributed by atoms with van der Waals surface area (Å²) in [5.41, 5.74) is 4.23. The lowest BCUT2D eigenvalue weighted by Gasteiger charge is -2.04. The van der Waals surface area contributed by atoms with Crippen LogP contribution in [0.2, 0.25) is 0 Å². The molecule has 0 spiro atoms. The summed E-state index contributed by atoms with van der Waals surface area (Å²) >= 11 is 6.41. The van der Waals surface area contributed by atoms with Crippen LogP contribution in [0.5, 0.6) is 0 Å². The average Bonchev–Trinajstić information content (AvgIpc) is 2.74. The number of anilines is 1. The topological polar surface area (TPSA) is 29.1 Å². The fourth-order valence-corrected chi connectivity index (χ4v) is 2.49. The molecule has 19 heavy (non-hydrogen) atoms. The highest BCUT2D eigenvalue weighted by Crippen LogP contribution is 2.38. The lowest BCUT2D eigenvalue weighted by Crippen LogP contribution is -2.04. The van der Waals surface area contributed by atoms with Crippen molar-refractivity contribution >= 4 is 33.8 Å². The molecule has 2 aromatic rings. The summed E-state index contributed by atoms with van der Waals surface area (Å²) in [5.74, 6) is -0.147. The minimum atomic E-state index is -0.147. The van der Waals surface area contributed by atoms with Gasteiger partial charge in [0.2, 0.25) is 0 Å². The van der Waals surface area contributed by atoms with E-state index in [4.69, 9.17) is 11.6 Å². The predicted octanol–water partition coefficient (Wildman–Crippen LogP) is 4.05. The average molecular weight is 270 g/mol. The molecule has 0 aromatic heterocycles. The summed E-state index contributed by atoms with van der Waals surface area (Å²) in [4.78, 5) is 12.1. The van der Waals surface area contributed by atoms with Crippen molar-refractivity contribution in [3.8, 4) is 0 Å². The molecule has 3 rings (SSSR count). The predicted molar refractivity (Wildman–Crippen MR) is 78.9 cm³/mol. The number of aryl methyl sites for hydroxylation is 1. The van der Waals surface area contributed by atoms with E-state index in [1.807, 2.05) is 55.5 Å². The van der Waals surface area contributed by atoms with E-state index in [1.165, 1.54) is 0 Å². The molecule has 0 radical (unpaired) electrons. The number of para-hydroxylation sites is 1. The normalized spacial score (nSPS) is 16.0. The Morgan fingerprint density at radius 2 is 1.74 bits per heavy atom. The maximum absolute atomic E-state index is 12.1. The number of hydrogen-bond donors (Lipinski definition) is 1. The van der Waals surface area contributed by atoms with E-state index in [2.05, 4.69) is 5.32 Å². The zero-order chi connectivity index (χ0) is 13.4. The van der Waals surface area contributed by atoms with Crippen LogP contribution in [0.15, 0.2) is 48.5 Å². The van der Waals surface area contributed by atoms with E-state index in [9.17, 15) is 4.79 Å². The molecule has 94 valence electrons. The van der Waals surface area contributed by atoms with Gasteiger partial charge in [-0.3, -0.25) is 4.79 Å². The Bertz CT molecular complexity index is 686. The van der Waals surface area contributed by atoms with Crippen molar-refractivity contribution in [2.45, 2.75) is 6.92 Å². The molecule has 0 atom stereocenters. The van der Waals surface area contributed by atoms with Gasteiger partial charge in [0.15, 0.2) is 0 Å². The minimum Gasteiger partial charge on any atom is -0.321 e. The second-order valence-corrected chi connectivity index (χ2v) is 4.93. The molecular formula is C16H12ClNO. The van der Waals surface area contributed by atoms with E-state index in [1.54, 1.807) is 0 Å².